The highest BCUT2D eigenvalue weighted by Crippen LogP contribution is 2.48. The van der Waals surface area contributed by atoms with Crippen molar-refractivity contribution in [2.24, 2.45) is 0 Å². The Kier molecular flexibility index (Phi) is 5.84. The summed E-state index contributed by atoms with van der Waals surface area (Å²) in [7, 11) is 0. The second kappa shape index (κ2) is 10.5. The molecule has 0 unspecified atom stereocenters. The van der Waals surface area contributed by atoms with Crippen molar-refractivity contribution in [3.63, 3.8) is 0 Å². The Balaban J connectivity index is 1.38. The van der Waals surface area contributed by atoms with E-state index in [0.717, 1.165) is 66.3 Å². The third-order valence-corrected chi connectivity index (χ3v) is 9.65. The van der Waals surface area contributed by atoms with Gasteiger partial charge in [0.15, 0.2) is 0 Å². The molecule has 0 bridgehead atoms. The van der Waals surface area contributed by atoms with Gasteiger partial charge in [-0.05, 0) is 103 Å². The van der Waals surface area contributed by atoms with E-state index < -0.39 is 0 Å². The van der Waals surface area contributed by atoms with Crippen molar-refractivity contribution in [3.05, 3.63) is 159 Å². The number of benzene rings is 6. The van der Waals surface area contributed by atoms with E-state index in [1.807, 2.05) is 61.4 Å². The van der Waals surface area contributed by atoms with Crippen LogP contribution >= 0.6 is 0 Å². The standard InChI is InChI=1S/C44H26N4/c1-3-11-41-27(7-1)19-31(25-47-41)39-22-40(32-20-28-8-2-4-12-42(28)48-26-32)36-16-14-34-38(30-10-6-18-46-24-30)21-37(29-9-5-17-45-23-29)33-13-15-35(39)44(36)43(33)34/h1-26H. The molecule has 0 radical (unpaired) electrons. The van der Waals surface area contributed by atoms with E-state index in [1.165, 1.54) is 32.3 Å². The van der Waals surface area contributed by atoms with Gasteiger partial charge in [0, 0.05) is 70.2 Å². The van der Waals surface area contributed by atoms with E-state index in [4.69, 9.17) is 9.97 Å². The van der Waals surface area contributed by atoms with Crippen molar-refractivity contribution in [2.75, 3.05) is 0 Å². The molecule has 4 nitrogen and oxygen atoms in total. The number of hydrogen-bond donors (Lipinski definition) is 0. The highest BCUT2D eigenvalue weighted by atomic mass is 14.7. The van der Waals surface area contributed by atoms with Gasteiger partial charge in [0.2, 0.25) is 0 Å². The molecular formula is C44H26N4. The molecule has 0 aliphatic rings. The molecule has 0 spiro atoms. The van der Waals surface area contributed by atoms with Gasteiger partial charge < -0.3 is 0 Å². The van der Waals surface area contributed by atoms with Crippen molar-refractivity contribution in [2.45, 2.75) is 0 Å². The zero-order chi connectivity index (χ0) is 31.6. The minimum absolute atomic E-state index is 0.986. The van der Waals surface area contributed by atoms with Crippen molar-refractivity contribution in [3.8, 4) is 44.5 Å². The monoisotopic (exact) mass is 610 g/mol. The van der Waals surface area contributed by atoms with Crippen LogP contribution in [0.1, 0.15) is 0 Å². The van der Waals surface area contributed by atoms with Crippen LogP contribution in [0.2, 0.25) is 0 Å². The SMILES string of the molecule is c1cncc(-c2cc(-c3cccnc3)c3ccc4c(-c5cnc6ccccc6c5)cc(-c5cnc6ccccc6c5)c5ccc2c3c54)c1. The maximum atomic E-state index is 4.89. The Hall–Kier alpha value is -6.52. The molecule has 10 aromatic rings. The first-order chi connectivity index (χ1) is 23.8. The number of pyridine rings is 4. The molecule has 48 heavy (non-hydrogen) atoms. The Labute approximate surface area is 276 Å². The van der Waals surface area contributed by atoms with Crippen LogP contribution in [0.25, 0.3) is 98.6 Å². The van der Waals surface area contributed by atoms with E-state index in [0.29, 0.717) is 0 Å². The van der Waals surface area contributed by atoms with Gasteiger partial charge in [0.25, 0.3) is 0 Å². The minimum atomic E-state index is 0.986. The lowest BCUT2D eigenvalue weighted by molar-refractivity contribution is 1.33. The number of rotatable bonds is 4. The highest BCUT2D eigenvalue weighted by Gasteiger charge is 2.21. The first-order valence-corrected chi connectivity index (χ1v) is 16.1. The smallest absolute Gasteiger partial charge is 0.0702 e. The van der Waals surface area contributed by atoms with Crippen LogP contribution in [0, 0.1) is 0 Å². The van der Waals surface area contributed by atoms with Crippen molar-refractivity contribution in [1.82, 2.24) is 19.9 Å². The number of para-hydroxylation sites is 2. The van der Waals surface area contributed by atoms with Gasteiger partial charge in [-0.15, -0.1) is 0 Å². The van der Waals surface area contributed by atoms with E-state index >= 15 is 0 Å². The normalized spacial score (nSPS) is 11.8. The third-order valence-electron chi connectivity index (χ3n) is 9.65. The van der Waals surface area contributed by atoms with Gasteiger partial charge in [-0.25, -0.2) is 0 Å². The summed E-state index contributed by atoms with van der Waals surface area (Å²) in [6.45, 7) is 0. The number of aromatic nitrogens is 4. The first-order valence-electron chi connectivity index (χ1n) is 16.1. The topological polar surface area (TPSA) is 51.6 Å². The lowest BCUT2D eigenvalue weighted by Crippen LogP contribution is -1.95. The number of hydrogen-bond acceptors (Lipinski definition) is 4. The van der Waals surface area contributed by atoms with Crippen LogP contribution in [-0.2, 0) is 0 Å². The zero-order valence-corrected chi connectivity index (χ0v) is 25.8. The summed E-state index contributed by atoms with van der Waals surface area (Å²) in [5.41, 5.74) is 10.9. The molecule has 0 aliphatic carbocycles. The molecule has 0 N–H and O–H groups in total. The molecule has 222 valence electrons. The van der Waals surface area contributed by atoms with Gasteiger partial charge >= 0.3 is 0 Å². The fraction of sp³-hybridized carbons (Fsp3) is 0. The van der Waals surface area contributed by atoms with E-state index in [2.05, 4.69) is 107 Å². The lowest BCUT2D eigenvalue weighted by Gasteiger charge is -2.21. The molecule has 0 aliphatic heterocycles. The molecule has 10 rings (SSSR count). The highest BCUT2D eigenvalue weighted by molar-refractivity contribution is 6.32. The largest absolute Gasteiger partial charge is 0.264 e. The third kappa shape index (κ3) is 4.10. The van der Waals surface area contributed by atoms with Crippen molar-refractivity contribution < 1.29 is 0 Å². The van der Waals surface area contributed by atoms with Gasteiger partial charge in [-0.1, -0.05) is 72.8 Å². The summed E-state index contributed by atoms with van der Waals surface area (Å²) in [4.78, 5) is 18.8. The van der Waals surface area contributed by atoms with Gasteiger partial charge in [0.05, 0.1) is 11.0 Å². The molecule has 0 atom stereocenters. The summed E-state index contributed by atoms with van der Waals surface area (Å²) in [5, 5.41) is 9.47. The molecular weight excluding hydrogens is 585 g/mol. The summed E-state index contributed by atoms with van der Waals surface area (Å²) < 4.78 is 0. The Bertz CT molecular complexity index is 2640. The summed E-state index contributed by atoms with van der Waals surface area (Å²) in [6.07, 6.45) is 11.6. The predicted molar refractivity (Wildman–Crippen MR) is 198 cm³/mol. The maximum Gasteiger partial charge on any atom is 0.0702 e. The molecule has 4 heteroatoms. The van der Waals surface area contributed by atoms with E-state index in [9.17, 15) is 0 Å². The van der Waals surface area contributed by atoms with Crippen LogP contribution in [-0.4, -0.2) is 19.9 Å². The maximum absolute atomic E-state index is 4.89. The second-order valence-electron chi connectivity index (χ2n) is 12.3. The van der Waals surface area contributed by atoms with Crippen molar-refractivity contribution >= 4 is 54.1 Å². The lowest BCUT2D eigenvalue weighted by atomic mass is 9.82. The summed E-state index contributed by atoms with van der Waals surface area (Å²) in [5.74, 6) is 0. The Morgan fingerprint density at radius 1 is 0.333 bits per heavy atom. The Morgan fingerprint density at radius 3 is 1.17 bits per heavy atom. The van der Waals surface area contributed by atoms with Crippen LogP contribution in [0.4, 0.5) is 0 Å². The minimum Gasteiger partial charge on any atom is -0.264 e. The molecule has 6 aromatic carbocycles. The fourth-order valence-corrected chi connectivity index (χ4v) is 7.43. The van der Waals surface area contributed by atoms with Crippen LogP contribution in [0.3, 0.4) is 0 Å². The van der Waals surface area contributed by atoms with Crippen LogP contribution < -0.4 is 0 Å². The van der Waals surface area contributed by atoms with Crippen LogP contribution in [0.15, 0.2) is 159 Å². The number of fused-ring (bicyclic) bond motifs is 2. The van der Waals surface area contributed by atoms with Gasteiger partial charge in [-0.2, -0.15) is 0 Å². The first kappa shape index (κ1) is 26.7. The Morgan fingerprint density at radius 2 is 0.750 bits per heavy atom. The molecule has 0 saturated heterocycles. The quantitative estimate of drug-likeness (QED) is 0.186. The van der Waals surface area contributed by atoms with Gasteiger partial charge in [0.1, 0.15) is 0 Å². The molecule has 0 fully saturated rings. The zero-order valence-electron chi connectivity index (χ0n) is 25.8. The van der Waals surface area contributed by atoms with Crippen molar-refractivity contribution in [1.29, 1.82) is 0 Å². The summed E-state index contributed by atoms with van der Waals surface area (Å²) >= 11 is 0. The molecule has 0 amide bonds. The molecule has 4 heterocycles. The number of nitrogens with zero attached hydrogens (tertiary/aromatic N) is 4. The fourth-order valence-electron chi connectivity index (χ4n) is 7.43. The predicted octanol–water partition coefficient (Wildman–Crippen LogP) is 11.1. The van der Waals surface area contributed by atoms with E-state index in [-0.39, 0.29) is 0 Å². The van der Waals surface area contributed by atoms with Gasteiger partial charge in [-0.3, -0.25) is 19.9 Å². The molecule has 4 aromatic heterocycles. The molecule has 0 saturated carbocycles. The van der Waals surface area contributed by atoms with Crippen LogP contribution in [0.5, 0.6) is 0 Å². The summed E-state index contributed by atoms with van der Waals surface area (Å²) in [6, 6.07) is 43.2. The second-order valence-corrected chi connectivity index (χ2v) is 12.3. The van der Waals surface area contributed by atoms with E-state index in [1.54, 1.807) is 0 Å². The average molecular weight is 611 g/mol. The average Bonchev–Trinajstić information content (AvgIpc) is 3.16.